The van der Waals surface area contributed by atoms with Gasteiger partial charge in [-0.1, -0.05) is 26.8 Å². The monoisotopic (exact) mass is 280 g/mol. The summed E-state index contributed by atoms with van der Waals surface area (Å²) in [6.07, 6.45) is 1.95. The van der Waals surface area contributed by atoms with Gasteiger partial charge in [0, 0.05) is 20.1 Å². The molecule has 1 rings (SSSR count). The number of ether oxygens (including phenoxy) is 3. The highest BCUT2D eigenvalue weighted by molar-refractivity contribution is 5.43. The van der Waals surface area contributed by atoms with Crippen molar-refractivity contribution in [2.24, 2.45) is 11.8 Å². The summed E-state index contributed by atoms with van der Waals surface area (Å²) in [6.45, 7) is 8.17. The molecular formula is C17H28O3. The maximum absolute atomic E-state index is 5.81. The normalized spacial score (nSPS) is 12.5. The minimum atomic E-state index is 0.646. The topological polar surface area (TPSA) is 27.7 Å². The van der Waals surface area contributed by atoms with Crippen molar-refractivity contribution in [2.45, 2.75) is 33.6 Å². The first-order valence-electron chi connectivity index (χ1n) is 7.37. The van der Waals surface area contributed by atoms with Crippen molar-refractivity contribution in [1.29, 1.82) is 0 Å². The van der Waals surface area contributed by atoms with Crippen LogP contribution < -0.4 is 9.47 Å². The molecule has 0 N–H and O–H groups in total. The summed E-state index contributed by atoms with van der Waals surface area (Å²) in [7, 11) is 3.38. The Morgan fingerprint density at radius 1 is 1.00 bits per heavy atom. The van der Waals surface area contributed by atoms with Crippen molar-refractivity contribution >= 4 is 0 Å². The van der Waals surface area contributed by atoms with Crippen LogP contribution in [0.2, 0.25) is 0 Å². The average Bonchev–Trinajstić information content (AvgIpc) is 2.43. The maximum atomic E-state index is 5.81. The van der Waals surface area contributed by atoms with E-state index in [1.165, 1.54) is 5.56 Å². The molecule has 0 saturated heterocycles. The second kappa shape index (κ2) is 8.85. The standard InChI is InChI=1S/C17H28O3/c1-13(2)14(3)11-15-7-8-16(19-5)17(12-15)20-10-6-9-18-4/h7-8,12-14H,6,9-11H2,1-5H3/t14-/m0/s1. The number of methoxy groups -OCH3 is 2. The molecule has 0 unspecified atom stereocenters. The van der Waals surface area contributed by atoms with Gasteiger partial charge in [0.15, 0.2) is 11.5 Å². The lowest BCUT2D eigenvalue weighted by Crippen LogP contribution is -2.08. The van der Waals surface area contributed by atoms with Crippen molar-refractivity contribution in [2.75, 3.05) is 27.4 Å². The van der Waals surface area contributed by atoms with Gasteiger partial charge in [0.05, 0.1) is 13.7 Å². The minimum Gasteiger partial charge on any atom is -0.493 e. The molecule has 0 aromatic heterocycles. The summed E-state index contributed by atoms with van der Waals surface area (Å²) in [4.78, 5) is 0. The van der Waals surface area contributed by atoms with E-state index in [1.807, 2.05) is 6.07 Å². The van der Waals surface area contributed by atoms with Crippen molar-refractivity contribution in [1.82, 2.24) is 0 Å². The number of hydrogen-bond donors (Lipinski definition) is 0. The van der Waals surface area contributed by atoms with E-state index in [-0.39, 0.29) is 0 Å². The predicted molar refractivity (Wildman–Crippen MR) is 82.7 cm³/mol. The van der Waals surface area contributed by atoms with Gasteiger partial charge in [-0.25, -0.2) is 0 Å². The molecule has 1 aromatic carbocycles. The van der Waals surface area contributed by atoms with Crippen LogP contribution in [-0.4, -0.2) is 27.4 Å². The summed E-state index contributed by atoms with van der Waals surface area (Å²) in [5, 5.41) is 0. The fourth-order valence-electron chi connectivity index (χ4n) is 1.95. The van der Waals surface area contributed by atoms with Gasteiger partial charge in [0.2, 0.25) is 0 Å². The SMILES string of the molecule is COCCCOc1cc(C[C@H](C)C(C)C)ccc1OC. The molecule has 0 aliphatic carbocycles. The van der Waals surface area contributed by atoms with Crippen LogP contribution in [0, 0.1) is 11.8 Å². The van der Waals surface area contributed by atoms with Crippen molar-refractivity contribution in [3.05, 3.63) is 23.8 Å². The first-order chi connectivity index (χ1) is 9.58. The van der Waals surface area contributed by atoms with Gasteiger partial charge in [-0.3, -0.25) is 0 Å². The van der Waals surface area contributed by atoms with Gasteiger partial charge < -0.3 is 14.2 Å². The average molecular weight is 280 g/mol. The third-order valence-electron chi connectivity index (χ3n) is 3.67. The molecule has 114 valence electrons. The molecule has 0 spiro atoms. The van der Waals surface area contributed by atoms with Crippen LogP contribution in [0.4, 0.5) is 0 Å². The van der Waals surface area contributed by atoms with Crippen LogP contribution in [0.3, 0.4) is 0 Å². The fraction of sp³-hybridized carbons (Fsp3) is 0.647. The van der Waals surface area contributed by atoms with Crippen molar-refractivity contribution < 1.29 is 14.2 Å². The third kappa shape index (κ3) is 5.41. The summed E-state index contributed by atoms with van der Waals surface area (Å²) >= 11 is 0. The van der Waals surface area contributed by atoms with E-state index < -0.39 is 0 Å². The maximum Gasteiger partial charge on any atom is 0.161 e. The molecule has 0 bridgehead atoms. The van der Waals surface area contributed by atoms with E-state index in [2.05, 4.69) is 32.9 Å². The molecule has 0 saturated carbocycles. The highest BCUT2D eigenvalue weighted by atomic mass is 16.5. The predicted octanol–water partition coefficient (Wildman–Crippen LogP) is 3.95. The lowest BCUT2D eigenvalue weighted by molar-refractivity contribution is 0.170. The lowest BCUT2D eigenvalue weighted by Gasteiger charge is -2.17. The van der Waals surface area contributed by atoms with Crippen LogP contribution >= 0.6 is 0 Å². The summed E-state index contributed by atoms with van der Waals surface area (Å²) in [6, 6.07) is 6.22. The molecule has 3 nitrogen and oxygen atoms in total. The number of benzene rings is 1. The zero-order valence-electron chi connectivity index (χ0n) is 13.4. The van der Waals surface area contributed by atoms with Gasteiger partial charge in [-0.2, -0.15) is 0 Å². The first-order valence-corrected chi connectivity index (χ1v) is 7.37. The largest absolute Gasteiger partial charge is 0.493 e. The molecule has 0 radical (unpaired) electrons. The van der Waals surface area contributed by atoms with E-state index in [1.54, 1.807) is 14.2 Å². The van der Waals surface area contributed by atoms with Crippen LogP contribution in [-0.2, 0) is 11.2 Å². The molecule has 20 heavy (non-hydrogen) atoms. The van der Waals surface area contributed by atoms with Crippen LogP contribution in [0.15, 0.2) is 18.2 Å². The zero-order valence-corrected chi connectivity index (χ0v) is 13.4. The van der Waals surface area contributed by atoms with E-state index in [9.17, 15) is 0 Å². The Morgan fingerprint density at radius 3 is 2.35 bits per heavy atom. The first kappa shape index (κ1) is 16.8. The Kier molecular flexibility index (Phi) is 7.45. The molecular weight excluding hydrogens is 252 g/mol. The van der Waals surface area contributed by atoms with E-state index in [0.29, 0.717) is 25.0 Å². The van der Waals surface area contributed by atoms with Gasteiger partial charge in [-0.05, 0) is 36.0 Å². The van der Waals surface area contributed by atoms with Gasteiger partial charge >= 0.3 is 0 Å². The summed E-state index contributed by atoms with van der Waals surface area (Å²) in [5.74, 6) is 2.97. The molecule has 0 heterocycles. The Hall–Kier alpha value is -1.22. The van der Waals surface area contributed by atoms with Crippen molar-refractivity contribution in [3.63, 3.8) is 0 Å². The summed E-state index contributed by atoms with van der Waals surface area (Å²) in [5.41, 5.74) is 1.30. The quantitative estimate of drug-likeness (QED) is 0.641. The van der Waals surface area contributed by atoms with Gasteiger partial charge in [0.25, 0.3) is 0 Å². The summed E-state index contributed by atoms with van der Waals surface area (Å²) < 4.78 is 16.2. The molecule has 1 aromatic rings. The van der Waals surface area contributed by atoms with Crippen LogP contribution in [0.1, 0.15) is 32.8 Å². The van der Waals surface area contributed by atoms with Crippen molar-refractivity contribution in [3.8, 4) is 11.5 Å². The highest BCUT2D eigenvalue weighted by Gasteiger charge is 2.11. The van der Waals surface area contributed by atoms with Crippen LogP contribution in [0.5, 0.6) is 11.5 Å². The van der Waals surface area contributed by atoms with Gasteiger partial charge in [-0.15, -0.1) is 0 Å². The zero-order chi connectivity index (χ0) is 15.0. The smallest absolute Gasteiger partial charge is 0.161 e. The van der Waals surface area contributed by atoms with E-state index in [4.69, 9.17) is 14.2 Å². The second-order valence-corrected chi connectivity index (χ2v) is 5.61. The molecule has 0 fully saturated rings. The number of rotatable bonds is 9. The Morgan fingerprint density at radius 2 is 1.75 bits per heavy atom. The van der Waals surface area contributed by atoms with E-state index in [0.717, 1.165) is 24.3 Å². The lowest BCUT2D eigenvalue weighted by atomic mass is 9.91. The molecule has 0 aliphatic rings. The number of hydrogen-bond acceptors (Lipinski definition) is 3. The molecule has 0 aliphatic heterocycles. The highest BCUT2D eigenvalue weighted by Crippen LogP contribution is 2.29. The fourth-order valence-corrected chi connectivity index (χ4v) is 1.95. The second-order valence-electron chi connectivity index (χ2n) is 5.61. The minimum absolute atomic E-state index is 0.646. The Bertz CT molecular complexity index is 388. The molecule has 3 heteroatoms. The van der Waals surface area contributed by atoms with E-state index >= 15 is 0 Å². The molecule has 0 amide bonds. The third-order valence-corrected chi connectivity index (χ3v) is 3.67. The molecule has 1 atom stereocenters. The van der Waals surface area contributed by atoms with Gasteiger partial charge in [0.1, 0.15) is 0 Å². The Balaban J connectivity index is 2.69. The van der Waals surface area contributed by atoms with Crippen LogP contribution in [0.25, 0.3) is 0 Å². The Labute approximate surface area is 123 Å².